The number of hydrogen-bond acceptors (Lipinski definition) is 7. The zero-order valence-corrected chi connectivity index (χ0v) is 18.3. The molecule has 1 unspecified atom stereocenters. The summed E-state index contributed by atoms with van der Waals surface area (Å²) in [6, 6.07) is 8.46. The number of carbonyl (C=O) groups excluding carboxylic acids is 1. The van der Waals surface area contributed by atoms with Crippen LogP contribution in [0.15, 0.2) is 48.1 Å². The average Bonchev–Trinajstić information content (AvgIpc) is 3.51. The summed E-state index contributed by atoms with van der Waals surface area (Å²) in [4.78, 5) is 27.5. The third-order valence-corrected chi connectivity index (χ3v) is 6.29. The average molecular weight is 450 g/mol. The standard InChI is InChI=1S/C22H20FN7OS/c1-29-9-6-14(21(29)31)15-11-13(3-4-16(15)23)18-12-32-20(25-18)17-5-8-24-22(26-17)27-19-7-10-30(2)28-19/h3-5,7-8,10-12,14H,6,9H2,1-2H3,(H,24,26,27,28). The maximum atomic E-state index is 14.5. The Morgan fingerprint density at radius 3 is 2.78 bits per heavy atom. The molecule has 32 heavy (non-hydrogen) atoms. The predicted molar refractivity (Wildman–Crippen MR) is 120 cm³/mol. The van der Waals surface area contributed by atoms with E-state index in [1.807, 2.05) is 24.7 Å². The van der Waals surface area contributed by atoms with Crippen LogP contribution >= 0.6 is 11.3 Å². The first kappa shape index (κ1) is 20.3. The van der Waals surface area contributed by atoms with Gasteiger partial charge in [-0.15, -0.1) is 11.3 Å². The van der Waals surface area contributed by atoms with Gasteiger partial charge < -0.3 is 10.2 Å². The van der Waals surface area contributed by atoms with Crippen LogP contribution in [0.1, 0.15) is 17.9 Å². The highest BCUT2D eigenvalue weighted by Gasteiger charge is 2.32. The molecule has 4 aromatic rings. The number of halogens is 1. The Balaban J connectivity index is 1.41. The normalized spacial score (nSPS) is 16.0. The van der Waals surface area contributed by atoms with Crippen LogP contribution in [0.5, 0.6) is 0 Å². The summed E-state index contributed by atoms with van der Waals surface area (Å²) >= 11 is 1.44. The molecule has 0 spiro atoms. The molecule has 5 rings (SSSR count). The van der Waals surface area contributed by atoms with E-state index in [0.717, 1.165) is 5.56 Å². The van der Waals surface area contributed by atoms with E-state index in [9.17, 15) is 9.18 Å². The van der Waals surface area contributed by atoms with Gasteiger partial charge >= 0.3 is 0 Å². The molecular formula is C22H20FN7OS. The van der Waals surface area contributed by atoms with Gasteiger partial charge in [0.1, 0.15) is 16.5 Å². The fraction of sp³-hybridized carbons (Fsp3) is 0.227. The van der Waals surface area contributed by atoms with Gasteiger partial charge in [-0.1, -0.05) is 0 Å². The minimum Gasteiger partial charge on any atom is -0.345 e. The summed E-state index contributed by atoms with van der Waals surface area (Å²) in [6.45, 7) is 0.636. The number of nitrogens with zero attached hydrogens (tertiary/aromatic N) is 6. The van der Waals surface area contributed by atoms with Crippen molar-refractivity contribution in [3.8, 4) is 22.0 Å². The number of likely N-dealkylation sites (tertiary alicyclic amines) is 1. The molecule has 0 saturated carbocycles. The Kier molecular flexibility index (Phi) is 5.14. The van der Waals surface area contributed by atoms with Gasteiger partial charge in [0.2, 0.25) is 11.9 Å². The number of nitrogens with one attached hydrogen (secondary N) is 1. The number of benzene rings is 1. The molecule has 0 bridgehead atoms. The second kappa shape index (κ2) is 8.12. The first-order chi connectivity index (χ1) is 15.5. The Bertz CT molecular complexity index is 1300. The molecular weight excluding hydrogens is 429 g/mol. The SMILES string of the molecule is CN1CCC(c2cc(-c3csc(-c4ccnc(Nc5ccn(C)n5)n4)n3)ccc2F)C1=O. The van der Waals surface area contributed by atoms with Gasteiger partial charge in [-0.2, -0.15) is 5.10 Å². The van der Waals surface area contributed by atoms with E-state index in [1.54, 1.807) is 41.0 Å². The first-order valence-corrected chi connectivity index (χ1v) is 11.0. The molecule has 0 radical (unpaired) electrons. The fourth-order valence-corrected chi connectivity index (χ4v) is 4.54. The van der Waals surface area contributed by atoms with Gasteiger partial charge in [-0.05, 0) is 30.7 Å². The molecule has 1 fully saturated rings. The van der Waals surface area contributed by atoms with E-state index in [0.29, 0.717) is 46.7 Å². The second-order valence-corrected chi connectivity index (χ2v) is 8.50. The molecule has 1 amide bonds. The smallest absolute Gasteiger partial charge is 0.230 e. The predicted octanol–water partition coefficient (Wildman–Crippen LogP) is 3.83. The van der Waals surface area contributed by atoms with Crippen molar-refractivity contribution in [1.29, 1.82) is 0 Å². The van der Waals surface area contributed by atoms with Gasteiger partial charge in [0.15, 0.2) is 5.82 Å². The van der Waals surface area contributed by atoms with Crippen molar-refractivity contribution in [1.82, 2.24) is 29.6 Å². The second-order valence-electron chi connectivity index (χ2n) is 7.64. The maximum absolute atomic E-state index is 14.5. The number of thiazole rings is 1. The Morgan fingerprint density at radius 2 is 2.03 bits per heavy atom. The Labute approximate surface area is 187 Å². The number of carbonyl (C=O) groups is 1. The number of amides is 1. The summed E-state index contributed by atoms with van der Waals surface area (Å²) in [7, 11) is 3.58. The molecule has 1 atom stereocenters. The summed E-state index contributed by atoms with van der Waals surface area (Å²) in [5, 5.41) is 9.96. The Hall–Kier alpha value is -3.66. The number of anilines is 2. The zero-order valence-electron chi connectivity index (χ0n) is 17.5. The fourth-order valence-electron chi connectivity index (χ4n) is 3.74. The molecule has 162 valence electrons. The molecule has 1 N–H and O–H groups in total. The molecule has 1 aliphatic rings. The van der Waals surface area contributed by atoms with Crippen LogP contribution in [0.3, 0.4) is 0 Å². The van der Waals surface area contributed by atoms with Crippen LogP contribution in [-0.4, -0.2) is 49.1 Å². The monoisotopic (exact) mass is 449 g/mol. The van der Waals surface area contributed by atoms with Crippen LogP contribution in [0.2, 0.25) is 0 Å². The van der Waals surface area contributed by atoms with Crippen molar-refractivity contribution in [3.05, 3.63) is 59.5 Å². The molecule has 3 aromatic heterocycles. The third-order valence-electron chi connectivity index (χ3n) is 5.43. The topological polar surface area (TPSA) is 88.8 Å². The van der Waals surface area contributed by atoms with Crippen molar-refractivity contribution < 1.29 is 9.18 Å². The van der Waals surface area contributed by atoms with Crippen LogP contribution < -0.4 is 5.32 Å². The lowest BCUT2D eigenvalue weighted by Crippen LogP contribution is -2.22. The van der Waals surface area contributed by atoms with Crippen LogP contribution in [0.25, 0.3) is 22.0 Å². The maximum Gasteiger partial charge on any atom is 0.230 e. The zero-order chi connectivity index (χ0) is 22.2. The molecule has 4 heterocycles. The van der Waals surface area contributed by atoms with Gasteiger partial charge in [-0.3, -0.25) is 9.48 Å². The lowest BCUT2D eigenvalue weighted by Gasteiger charge is -2.12. The number of aryl methyl sites for hydroxylation is 1. The van der Waals surface area contributed by atoms with Crippen molar-refractivity contribution in [2.24, 2.45) is 7.05 Å². The number of hydrogen-bond donors (Lipinski definition) is 1. The highest BCUT2D eigenvalue weighted by molar-refractivity contribution is 7.13. The van der Waals surface area contributed by atoms with E-state index in [2.05, 4.69) is 20.4 Å². The number of rotatable bonds is 5. The van der Waals surface area contributed by atoms with Crippen LogP contribution in [0.4, 0.5) is 16.2 Å². The summed E-state index contributed by atoms with van der Waals surface area (Å²) < 4.78 is 16.2. The van der Waals surface area contributed by atoms with E-state index in [1.165, 1.54) is 17.4 Å². The molecule has 1 aliphatic heterocycles. The van der Waals surface area contributed by atoms with Crippen LogP contribution in [-0.2, 0) is 11.8 Å². The molecule has 0 aliphatic carbocycles. The minimum absolute atomic E-state index is 0.0473. The molecule has 8 nitrogen and oxygen atoms in total. The van der Waals surface area contributed by atoms with Crippen molar-refractivity contribution in [3.63, 3.8) is 0 Å². The van der Waals surface area contributed by atoms with Crippen LogP contribution in [0, 0.1) is 5.82 Å². The highest BCUT2D eigenvalue weighted by atomic mass is 32.1. The quantitative estimate of drug-likeness (QED) is 0.498. The van der Waals surface area contributed by atoms with E-state index >= 15 is 0 Å². The summed E-state index contributed by atoms with van der Waals surface area (Å²) in [5.74, 6) is 0.217. The molecule has 1 saturated heterocycles. The van der Waals surface area contributed by atoms with E-state index < -0.39 is 5.92 Å². The largest absolute Gasteiger partial charge is 0.345 e. The number of aromatic nitrogens is 5. The van der Waals surface area contributed by atoms with Gasteiger partial charge in [-0.25, -0.2) is 19.3 Å². The summed E-state index contributed by atoms with van der Waals surface area (Å²) in [5.41, 5.74) is 2.58. The Morgan fingerprint density at radius 1 is 1.16 bits per heavy atom. The van der Waals surface area contributed by atoms with E-state index in [-0.39, 0.29) is 11.7 Å². The van der Waals surface area contributed by atoms with Crippen molar-refractivity contribution in [2.75, 3.05) is 18.9 Å². The number of likely N-dealkylation sites (N-methyl/N-ethyl adjacent to an activating group) is 1. The van der Waals surface area contributed by atoms with Gasteiger partial charge in [0.05, 0.1) is 11.6 Å². The van der Waals surface area contributed by atoms with Crippen molar-refractivity contribution >= 4 is 29.0 Å². The van der Waals surface area contributed by atoms with Gasteiger partial charge in [0.25, 0.3) is 0 Å². The molecule has 10 heteroatoms. The highest BCUT2D eigenvalue weighted by Crippen LogP contribution is 2.34. The van der Waals surface area contributed by atoms with Gasteiger partial charge in [0, 0.05) is 55.6 Å². The molecule has 1 aromatic carbocycles. The summed E-state index contributed by atoms with van der Waals surface area (Å²) in [6.07, 6.45) is 4.10. The minimum atomic E-state index is -0.444. The van der Waals surface area contributed by atoms with E-state index in [4.69, 9.17) is 4.98 Å². The first-order valence-electron chi connectivity index (χ1n) is 10.1. The van der Waals surface area contributed by atoms with Crippen molar-refractivity contribution in [2.45, 2.75) is 12.3 Å². The lowest BCUT2D eigenvalue weighted by molar-refractivity contribution is -0.127. The third kappa shape index (κ3) is 3.84. The lowest BCUT2D eigenvalue weighted by atomic mass is 9.95.